The topological polar surface area (TPSA) is 67.7 Å². The lowest BCUT2D eigenvalue weighted by Gasteiger charge is -2.21. The highest BCUT2D eigenvalue weighted by Gasteiger charge is 2.24. The van der Waals surface area contributed by atoms with Crippen molar-refractivity contribution in [1.29, 1.82) is 0 Å². The van der Waals surface area contributed by atoms with Gasteiger partial charge in [-0.1, -0.05) is 24.6 Å². The lowest BCUT2D eigenvalue weighted by molar-refractivity contribution is -0.0205. The van der Waals surface area contributed by atoms with E-state index < -0.39 is 6.29 Å². The first-order valence-electron chi connectivity index (χ1n) is 8.84. The van der Waals surface area contributed by atoms with Crippen molar-refractivity contribution in [2.24, 2.45) is 0 Å². The van der Waals surface area contributed by atoms with Crippen molar-refractivity contribution in [3.63, 3.8) is 0 Å². The van der Waals surface area contributed by atoms with Gasteiger partial charge in [0.15, 0.2) is 17.8 Å². The summed E-state index contributed by atoms with van der Waals surface area (Å²) in [7, 11) is 1.57. The summed E-state index contributed by atoms with van der Waals surface area (Å²) in [6.07, 6.45) is 2.04. The van der Waals surface area contributed by atoms with Crippen LogP contribution in [0.2, 0.25) is 5.02 Å². The number of halogens is 1. The number of rotatable bonds is 5. The smallest absolute Gasteiger partial charge is 0.197 e. The maximum atomic E-state index is 9.83. The maximum Gasteiger partial charge on any atom is 0.197 e. The SMILES string of the molecule is CCC(O)Oc1cc2ncnc(N3CCc4ccc(Cl)cc43)c2cc1OC. The van der Waals surface area contributed by atoms with E-state index in [9.17, 15) is 5.11 Å². The molecule has 7 heteroatoms. The van der Waals surface area contributed by atoms with Crippen LogP contribution in [0.25, 0.3) is 10.9 Å². The fourth-order valence-electron chi connectivity index (χ4n) is 3.32. The highest BCUT2D eigenvalue weighted by molar-refractivity contribution is 6.31. The van der Waals surface area contributed by atoms with Crippen LogP contribution < -0.4 is 14.4 Å². The van der Waals surface area contributed by atoms with Crippen LogP contribution in [-0.2, 0) is 6.42 Å². The molecule has 0 spiro atoms. The van der Waals surface area contributed by atoms with E-state index in [4.69, 9.17) is 21.1 Å². The normalized spacial score (nSPS) is 14.3. The molecule has 0 bridgehead atoms. The third-order valence-electron chi connectivity index (χ3n) is 4.71. The lowest BCUT2D eigenvalue weighted by atomic mass is 10.1. The number of ether oxygens (including phenoxy) is 2. The number of fused-ring (bicyclic) bond motifs is 2. The van der Waals surface area contributed by atoms with Crippen LogP contribution in [0.15, 0.2) is 36.7 Å². The molecule has 3 aromatic rings. The van der Waals surface area contributed by atoms with E-state index in [2.05, 4.69) is 20.9 Å². The zero-order valence-corrected chi connectivity index (χ0v) is 15.9. The zero-order chi connectivity index (χ0) is 19.0. The Kier molecular flexibility index (Phi) is 4.76. The minimum atomic E-state index is -0.898. The molecule has 1 unspecified atom stereocenters. The lowest BCUT2D eigenvalue weighted by Crippen LogP contribution is -2.16. The van der Waals surface area contributed by atoms with Gasteiger partial charge in [-0.25, -0.2) is 9.97 Å². The first-order valence-corrected chi connectivity index (χ1v) is 9.22. The Balaban J connectivity index is 1.83. The van der Waals surface area contributed by atoms with Gasteiger partial charge < -0.3 is 19.5 Å². The second-order valence-electron chi connectivity index (χ2n) is 6.37. The minimum Gasteiger partial charge on any atom is -0.493 e. The van der Waals surface area contributed by atoms with Crippen LogP contribution in [0, 0.1) is 0 Å². The molecule has 0 radical (unpaired) electrons. The second kappa shape index (κ2) is 7.21. The number of benzene rings is 2. The summed E-state index contributed by atoms with van der Waals surface area (Å²) < 4.78 is 11.0. The summed E-state index contributed by atoms with van der Waals surface area (Å²) in [6.45, 7) is 2.66. The number of aliphatic hydroxyl groups excluding tert-OH is 1. The molecule has 0 aliphatic carbocycles. The first-order chi connectivity index (χ1) is 13.1. The van der Waals surface area contributed by atoms with E-state index >= 15 is 0 Å². The molecule has 0 saturated carbocycles. The van der Waals surface area contributed by atoms with Gasteiger partial charge in [0.25, 0.3) is 0 Å². The Bertz CT molecular complexity index is 996. The Morgan fingerprint density at radius 2 is 2.07 bits per heavy atom. The van der Waals surface area contributed by atoms with Crippen LogP contribution in [0.3, 0.4) is 0 Å². The summed E-state index contributed by atoms with van der Waals surface area (Å²) >= 11 is 6.21. The van der Waals surface area contributed by atoms with Crippen LogP contribution >= 0.6 is 11.6 Å². The molecule has 0 fully saturated rings. The molecule has 0 saturated heterocycles. The number of nitrogens with zero attached hydrogens (tertiary/aromatic N) is 3. The molecule has 1 atom stereocenters. The maximum absolute atomic E-state index is 9.83. The molecule has 1 aliphatic heterocycles. The Morgan fingerprint density at radius 3 is 2.85 bits per heavy atom. The molecule has 27 heavy (non-hydrogen) atoms. The Labute approximate surface area is 162 Å². The van der Waals surface area contributed by atoms with Crippen LogP contribution in [0.4, 0.5) is 11.5 Å². The van der Waals surface area contributed by atoms with E-state index in [1.165, 1.54) is 11.9 Å². The van der Waals surface area contributed by atoms with E-state index in [1.807, 2.05) is 25.1 Å². The van der Waals surface area contributed by atoms with Crippen LogP contribution in [0.5, 0.6) is 11.5 Å². The third-order valence-corrected chi connectivity index (χ3v) is 4.95. The van der Waals surface area contributed by atoms with E-state index in [0.717, 1.165) is 35.4 Å². The van der Waals surface area contributed by atoms with Crippen molar-refractivity contribution in [2.45, 2.75) is 26.1 Å². The van der Waals surface area contributed by atoms with Crippen LogP contribution in [0.1, 0.15) is 18.9 Å². The van der Waals surface area contributed by atoms with Gasteiger partial charge in [0.2, 0.25) is 0 Å². The Hall–Kier alpha value is -2.57. The average molecular weight is 386 g/mol. The summed E-state index contributed by atoms with van der Waals surface area (Å²) in [5.41, 5.74) is 3.02. The molecule has 4 rings (SSSR count). The molecule has 2 aromatic carbocycles. The predicted molar refractivity (Wildman–Crippen MR) is 105 cm³/mol. The second-order valence-corrected chi connectivity index (χ2v) is 6.81. The molecule has 1 N–H and O–H groups in total. The third kappa shape index (κ3) is 3.26. The number of anilines is 2. The van der Waals surface area contributed by atoms with E-state index in [-0.39, 0.29) is 0 Å². The number of methoxy groups -OCH3 is 1. The van der Waals surface area contributed by atoms with E-state index in [1.54, 1.807) is 13.2 Å². The molecule has 1 aromatic heterocycles. The summed E-state index contributed by atoms with van der Waals surface area (Å²) in [5.74, 6) is 1.77. The standard InChI is InChI=1S/C20H20ClN3O3/c1-3-19(25)27-18-10-15-14(9-17(18)26-2)20(23-11-22-15)24-7-6-12-4-5-13(21)8-16(12)24/h4-5,8-11,19,25H,3,6-7H2,1-2H3. The van der Waals surface area contributed by atoms with E-state index in [0.29, 0.717) is 22.9 Å². The zero-order valence-electron chi connectivity index (χ0n) is 15.1. The monoisotopic (exact) mass is 385 g/mol. The molecule has 1 aliphatic rings. The number of aliphatic hydroxyl groups is 1. The van der Waals surface area contributed by atoms with Crippen LogP contribution in [-0.4, -0.2) is 35.0 Å². The fourth-order valence-corrected chi connectivity index (χ4v) is 3.49. The highest BCUT2D eigenvalue weighted by atomic mass is 35.5. The summed E-state index contributed by atoms with van der Waals surface area (Å²) in [5, 5.41) is 11.4. The Morgan fingerprint density at radius 1 is 1.22 bits per heavy atom. The average Bonchev–Trinajstić information content (AvgIpc) is 3.09. The van der Waals surface area contributed by atoms with Crippen molar-refractivity contribution >= 4 is 34.0 Å². The fraction of sp³-hybridized carbons (Fsp3) is 0.300. The molecular formula is C20H20ClN3O3. The minimum absolute atomic E-state index is 0.453. The number of aromatic nitrogens is 2. The van der Waals surface area contributed by atoms with Gasteiger partial charge in [0.1, 0.15) is 12.1 Å². The van der Waals surface area contributed by atoms with Crippen molar-refractivity contribution in [1.82, 2.24) is 9.97 Å². The van der Waals surface area contributed by atoms with Crippen molar-refractivity contribution in [3.05, 3.63) is 47.2 Å². The molecule has 6 nitrogen and oxygen atoms in total. The summed E-state index contributed by atoms with van der Waals surface area (Å²) in [4.78, 5) is 11.0. The number of hydrogen-bond acceptors (Lipinski definition) is 6. The van der Waals surface area contributed by atoms with Gasteiger partial charge in [-0.15, -0.1) is 0 Å². The van der Waals surface area contributed by atoms with Gasteiger partial charge in [-0.05, 0) is 30.2 Å². The van der Waals surface area contributed by atoms with Crippen molar-refractivity contribution in [2.75, 3.05) is 18.6 Å². The largest absolute Gasteiger partial charge is 0.493 e. The van der Waals surface area contributed by atoms with Gasteiger partial charge in [0, 0.05) is 35.1 Å². The van der Waals surface area contributed by atoms with Gasteiger partial charge in [-0.3, -0.25) is 0 Å². The molecule has 140 valence electrons. The van der Waals surface area contributed by atoms with Crippen molar-refractivity contribution < 1.29 is 14.6 Å². The summed E-state index contributed by atoms with van der Waals surface area (Å²) in [6, 6.07) is 9.55. The molecule has 2 heterocycles. The molecule has 0 amide bonds. The first kappa shape index (κ1) is 17.8. The van der Waals surface area contributed by atoms with Gasteiger partial charge in [-0.2, -0.15) is 0 Å². The van der Waals surface area contributed by atoms with Crippen molar-refractivity contribution in [3.8, 4) is 11.5 Å². The number of hydrogen-bond donors (Lipinski definition) is 1. The van der Waals surface area contributed by atoms with Gasteiger partial charge in [0.05, 0.1) is 12.6 Å². The quantitative estimate of drug-likeness (QED) is 0.667. The molecular weight excluding hydrogens is 366 g/mol. The highest BCUT2D eigenvalue weighted by Crippen LogP contribution is 2.40. The van der Waals surface area contributed by atoms with Gasteiger partial charge >= 0.3 is 0 Å². The predicted octanol–water partition coefficient (Wildman–Crippen LogP) is 4.09.